The summed E-state index contributed by atoms with van der Waals surface area (Å²) in [5.74, 6) is -0.168. The molecule has 2 unspecified atom stereocenters. The fourth-order valence-electron chi connectivity index (χ4n) is 2.92. The largest absolute Gasteiger partial charge is 0.344 e. The summed E-state index contributed by atoms with van der Waals surface area (Å²) in [6.45, 7) is 2.40. The van der Waals surface area contributed by atoms with E-state index in [1.165, 1.54) is 17.4 Å². The van der Waals surface area contributed by atoms with Gasteiger partial charge in [-0.2, -0.15) is 0 Å². The number of rotatable bonds is 3. The molecule has 0 bridgehead atoms. The zero-order valence-electron chi connectivity index (χ0n) is 12.3. The Kier molecular flexibility index (Phi) is 4.22. The topological polar surface area (TPSA) is 68.0 Å². The molecular weight excluding hydrogens is 301 g/mol. The number of aromatic nitrogens is 1. The monoisotopic (exact) mass is 319 g/mol. The van der Waals surface area contributed by atoms with Crippen molar-refractivity contribution in [2.24, 2.45) is 11.7 Å². The van der Waals surface area contributed by atoms with Crippen molar-refractivity contribution in [1.82, 2.24) is 10.3 Å². The second kappa shape index (κ2) is 6.14. The Morgan fingerprint density at radius 3 is 3.09 bits per heavy atom. The van der Waals surface area contributed by atoms with Crippen LogP contribution in [0, 0.1) is 11.7 Å². The number of hydrogen-bond donors (Lipinski definition) is 2. The van der Waals surface area contributed by atoms with Crippen LogP contribution < -0.4 is 11.1 Å². The molecule has 116 valence electrons. The third-order valence-electron chi connectivity index (χ3n) is 4.15. The summed E-state index contributed by atoms with van der Waals surface area (Å²) in [6.07, 6.45) is 1.56. The second-order valence-corrected chi connectivity index (χ2v) is 6.55. The van der Waals surface area contributed by atoms with Crippen LogP contribution in [-0.4, -0.2) is 10.9 Å². The van der Waals surface area contributed by atoms with Gasteiger partial charge in [0.2, 0.25) is 0 Å². The number of hydrogen-bond acceptors (Lipinski definition) is 4. The van der Waals surface area contributed by atoms with Crippen molar-refractivity contribution in [2.75, 3.05) is 0 Å². The summed E-state index contributed by atoms with van der Waals surface area (Å²) in [5, 5.41) is 5.44. The summed E-state index contributed by atoms with van der Waals surface area (Å²) in [6, 6.07) is 4.88. The lowest BCUT2D eigenvalue weighted by molar-refractivity contribution is 0.0914. The van der Waals surface area contributed by atoms with Crippen LogP contribution in [-0.2, 0) is 13.0 Å². The number of amides is 1. The third kappa shape index (κ3) is 2.76. The zero-order chi connectivity index (χ0) is 15.7. The number of nitrogens with zero attached hydrogens (tertiary/aromatic N) is 1. The highest BCUT2D eigenvalue weighted by Gasteiger charge is 2.30. The van der Waals surface area contributed by atoms with Crippen molar-refractivity contribution in [2.45, 2.75) is 32.4 Å². The number of halogens is 1. The average molecular weight is 319 g/mol. The first-order valence-corrected chi connectivity index (χ1v) is 8.20. The fourth-order valence-corrected chi connectivity index (χ4v) is 3.57. The maximum absolute atomic E-state index is 13.9. The molecule has 0 fully saturated rings. The van der Waals surface area contributed by atoms with Crippen LogP contribution in [0.4, 0.5) is 4.39 Å². The van der Waals surface area contributed by atoms with Gasteiger partial charge in [-0.1, -0.05) is 19.1 Å². The molecule has 3 N–H and O–H groups in total. The van der Waals surface area contributed by atoms with Gasteiger partial charge in [0.05, 0.1) is 6.04 Å². The van der Waals surface area contributed by atoms with Crippen molar-refractivity contribution in [3.8, 4) is 0 Å². The minimum atomic E-state index is -0.232. The molecule has 1 aromatic carbocycles. The standard InChI is InChI=1S/C16H18FN3OS/c1-9-5-6-10-11(3-2-4-12(10)17)15(9)20-16(21)13-8-22-14(7-18)19-13/h2-4,8-9,15H,5-7,18H2,1H3,(H,20,21). The van der Waals surface area contributed by atoms with E-state index in [9.17, 15) is 9.18 Å². The number of benzene rings is 1. The molecule has 1 amide bonds. The van der Waals surface area contributed by atoms with Crippen LogP contribution >= 0.6 is 11.3 Å². The number of nitrogens with one attached hydrogen (secondary N) is 1. The number of carbonyl (C=O) groups is 1. The van der Waals surface area contributed by atoms with Crippen LogP contribution in [0.15, 0.2) is 23.6 Å². The summed E-state index contributed by atoms with van der Waals surface area (Å²) >= 11 is 1.37. The van der Waals surface area contributed by atoms with Crippen molar-refractivity contribution in [3.63, 3.8) is 0 Å². The first kappa shape index (κ1) is 15.1. The number of thiazole rings is 1. The normalized spacial score (nSPS) is 20.5. The van der Waals surface area contributed by atoms with E-state index in [1.54, 1.807) is 11.4 Å². The van der Waals surface area contributed by atoms with Crippen LogP contribution in [0.25, 0.3) is 0 Å². The number of nitrogens with two attached hydrogens (primary N) is 1. The van der Waals surface area contributed by atoms with Gasteiger partial charge in [-0.05, 0) is 36.0 Å². The highest BCUT2D eigenvalue weighted by Crippen LogP contribution is 2.35. The summed E-state index contributed by atoms with van der Waals surface area (Å²) in [4.78, 5) is 16.6. The van der Waals surface area contributed by atoms with Gasteiger partial charge in [0, 0.05) is 11.9 Å². The minimum absolute atomic E-state index is 0.185. The Labute approximate surface area is 132 Å². The Bertz CT molecular complexity index is 700. The van der Waals surface area contributed by atoms with E-state index >= 15 is 0 Å². The SMILES string of the molecule is CC1CCc2c(F)cccc2C1NC(=O)c1csc(CN)n1. The molecule has 2 atom stereocenters. The van der Waals surface area contributed by atoms with Gasteiger partial charge in [-0.25, -0.2) is 9.37 Å². The molecule has 0 aliphatic heterocycles. The molecule has 0 spiro atoms. The molecule has 2 aromatic rings. The van der Waals surface area contributed by atoms with Crippen molar-refractivity contribution >= 4 is 17.2 Å². The highest BCUT2D eigenvalue weighted by atomic mass is 32.1. The second-order valence-electron chi connectivity index (χ2n) is 5.61. The van der Waals surface area contributed by atoms with E-state index < -0.39 is 0 Å². The van der Waals surface area contributed by atoms with E-state index in [4.69, 9.17) is 5.73 Å². The molecule has 0 saturated carbocycles. The number of carbonyl (C=O) groups excluding carboxylic acids is 1. The van der Waals surface area contributed by atoms with E-state index in [2.05, 4.69) is 17.2 Å². The lowest BCUT2D eigenvalue weighted by atomic mass is 9.80. The van der Waals surface area contributed by atoms with Crippen molar-refractivity contribution in [3.05, 3.63) is 51.2 Å². The van der Waals surface area contributed by atoms with E-state index in [0.29, 0.717) is 24.2 Å². The molecular formula is C16H18FN3OS. The Hall–Kier alpha value is -1.79. The fraction of sp³-hybridized carbons (Fsp3) is 0.375. The van der Waals surface area contributed by atoms with Gasteiger partial charge in [0.25, 0.3) is 5.91 Å². The maximum Gasteiger partial charge on any atom is 0.271 e. The lowest BCUT2D eigenvalue weighted by Gasteiger charge is -2.32. The maximum atomic E-state index is 13.9. The molecule has 3 rings (SSSR count). The van der Waals surface area contributed by atoms with E-state index in [1.807, 2.05) is 6.07 Å². The molecule has 4 nitrogen and oxygen atoms in total. The Balaban J connectivity index is 1.85. The van der Waals surface area contributed by atoms with Gasteiger partial charge in [0.1, 0.15) is 16.5 Å². The van der Waals surface area contributed by atoms with Gasteiger partial charge >= 0.3 is 0 Å². The quantitative estimate of drug-likeness (QED) is 0.914. The summed E-state index contributed by atoms with van der Waals surface area (Å²) in [7, 11) is 0. The van der Waals surface area contributed by atoms with Gasteiger partial charge in [0.15, 0.2) is 0 Å². The Morgan fingerprint density at radius 2 is 2.36 bits per heavy atom. The first-order valence-electron chi connectivity index (χ1n) is 7.32. The van der Waals surface area contributed by atoms with E-state index in [0.717, 1.165) is 17.0 Å². The third-order valence-corrected chi connectivity index (χ3v) is 5.03. The van der Waals surface area contributed by atoms with Crippen LogP contribution in [0.5, 0.6) is 0 Å². The average Bonchev–Trinajstić information content (AvgIpc) is 2.99. The molecule has 6 heteroatoms. The van der Waals surface area contributed by atoms with Crippen LogP contribution in [0.1, 0.15) is 46.0 Å². The molecule has 1 heterocycles. The predicted molar refractivity (Wildman–Crippen MR) is 84.1 cm³/mol. The molecule has 1 aliphatic carbocycles. The number of fused-ring (bicyclic) bond motifs is 1. The van der Waals surface area contributed by atoms with Gasteiger partial charge in [-0.3, -0.25) is 4.79 Å². The van der Waals surface area contributed by atoms with Crippen LogP contribution in [0.2, 0.25) is 0 Å². The molecule has 22 heavy (non-hydrogen) atoms. The van der Waals surface area contributed by atoms with Crippen LogP contribution in [0.3, 0.4) is 0 Å². The van der Waals surface area contributed by atoms with Gasteiger partial charge < -0.3 is 11.1 Å². The molecule has 1 aliphatic rings. The van der Waals surface area contributed by atoms with Crippen molar-refractivity contribution in [1.29, 1.82) is 0 Å². The molecule has 1 aromatic heterocycles. The summed E-state index contributed by atoms with van der Waals surface area (Å²) < 4.78 is 13.9. The molecule has 0 radical (unpaired) electrons. The molecule has 0 saturated heterocycles. The minimum Gasteiger partial charge on any atom is -0.344 e. The zero-order valence-corrected chi connectivity index (χ0v) is 13.1. The van der Waals surface area contributed by atoms with E-state index in [-0.39, 0.29) is 23.7 Å². The van der Waals surface area contributed by atoms with Crippen molar-refractivity contribution < 1.29 is 9.18 Å². The Morgan fingerprint density at radius 1 is 1.55 bits per heavy atom. The van der Waals surface area contributed by atoms with Gasteiger partial charge in [-0.15, -0.1) is 11.3 Å². The first-order chi connectivity index (χ1) is 10.6. The predicted octanol–water partition coefficient (Wildman–Crippen LogP) is 2.79. The highest BCUT2D eigenvalue weighted by molar-refractivity contribution is 7.09. The smallest absolute Gasteiger partial charge is 0.271 e. The lowest BCUT2D eigenvalue weighted by Crippen LogP contribution is -2.36. The summed E-state index contributed by atoms with van der Waals surface area (Å²) in [5.41, 5.74) is 7.49.